The lowest BCUT2D eigenvalue weighted by Gasteiger charge is -2.13. The smallest absolute Gasteiger partial charge is 0.219 e. The number of rotatable bonds is 4. The quantitative estimate of drug-likeness (QED) is 0.891. The minimum Gasteiger partial charge on any atom is -0.439 e. The third-order valence-electron chi connectivity index (χ3n) is 2.93. The molecule has 0 fully saturated rings. The molecule has 0 aliphatic heterocycles. The molecule has 1 aromatic carbocycles. The van der Waals surface area contributed by atoms with Crippen molar-refractivity contribution >= 4 is 0 Å². The third kappa shape index (κ3) is 2.87. The van der Waals surface area contributed by atoms with Crippen LogP contribution >= 0.6 is 0 Å². The molecule has 3 heteroatoms. The van der Waals surface area contributed by atoms with Gasteiger partial charge in [0.05, 0.1) is 0 Å². The van der Waals surface area contributed by atoms with E-state index in [2.05, 4.69) is 11.9 Å². The monoisotopic (exact) mass is 242 g/mol. The van der Waals surface area contributed by atoms with Crippen LogP contribution in [-0.2, 0) is 0 Å². The van der Waals surface area contributed by atoms with Crippen LogP contribution < -0.4 is 10.5 Å². The molecule has 0 bridgehead atoms. The number of aromatic nitrogens is 1. The Balaban J connectivity index is 2.19. The highest BCUT2D eigenvalue weighted by Crippen LogP contribution is 2.24. The lowest BCUT2D eigenvalue weighted by Crippen LogP contribution is -2.10. The van der Waals surface area contributed by atoms with Gasteiger partial charge in [0.1, 0.15) is 5.75 Å². The van der Waals surface area contributed by atoms with Gasteiger partial charge in [0.15, 0.2) is 0 Å². The van der Waals surface area contributed by atoms with Crippen molar-refractivity contribution in [2.45, 2.75) is 26.3 Å². The highest BCUT2D eigenvalue weighted by molar-refractivity contribution is 5.33. The Morgan fingerprint density at radius 1 is 1.28 bits per heavy atom. The number of ether oxygens (including phenoxy) is 1. The maximum absolute atomic E-state index is 6.02. The molecule has 3 nitrogen and oxygen atoms in total. The molecule has 1 aromatic heterocycles. The van der Waals surface area contributed by atoms with Crippen molar-refractivity contribution in [3.63, 3.8) is 0 Å². The summed E-state index contributed by atoms with van der Waals surface area (Å²) in [4.78, 5) is 4.30. The molecular formula is C15H18N2O. The number of nitrogens with zero attached hydrogens (tertiary/aromatic N) is 1. The summed E-state index contributed by atoms with van der Waals surface area (Å²) in [7, 11) is 0. The molecule has 0 radical (unpaired) electrons. The highest BCUT2D eigenvalue weighted by Gasteiger charge is 2.09. The fraction of sp³-hybridized carbons (Fsp3) is 0.267. The van der Waals surface area contributed by atoms with Gasteiger partial charge in [0, 0.05) is 18.3 Å². The maximum Gasteiger partial charge on any atom is 0.219 e. The van der Waals surface area contributed by atoms with Crippen LogP contribution in [0.5, 0.6) is 11.6 Å². The van der Waals surface area contributed by atoms with Gasteiger partial charge in [0.2, 0.25) is 5.88 Å². The Morgan fingerprint density at radius 2 is 2.00 bits per heavy atom. The molecule has 2 rings (SSSR count). The minimum absolute atomic E-state index is 0.0447. The molecule has 0 saturated carbocycles. The van der Waals surface area contributed by atoms with E-state index in [-0.39, 0.29) is 6.04 Å². The molecule has 1 heterocycles. The normalized spacial score (nSPS) is 12.2. The Labute approximate surface area is 108 Å². The van der Waals surface area contributed by atoms with Gasteiger partial charge in [-0.1, -0.05) is 25.1 Å². The molecule has 0 aliphatic carbocycles. The molecule has 0 aliphatic rings. The summed E-state index contributed by atoms with van der Waals surface area (Å²) >= 11 is 0. The predicted molar refractivity (Wildman–Crippen MR) is 72.7 cm³/mol. The van der Waals surface area contributed by atoms with Crippen LogP contribution in [0.2, 0.25) is 0 Å². The van der Waals surface area contributed by atoms with Crippen molar-refractivity contribution in [2.75, 3.05) is 0 Å². The Kier molecular flexibility index (Phi) is 3.95. The summed E-state index contributed by atoms with van der Waals surface area (Å²) < 4.78 is 5.68. The van der Waals surface area contributed by atoms with Gasteiger partial charge >= 0.3 is 0 Å². The second-order valence-corrected chi connectivity index (χ2v) is 4.31. The summed E-state index contributed by atoms with van der Waals surface area (Å²) in [6, 6.07) is 11.6. The zero-order valence-electron chi connectivity index (χ0n) is 10.8. The first kappa shape index (κ1) is 12.6. The number of aryl methyl sites for hydroxylation is 1. The standard InChI is InChI=1S/C15H18N2O/c1-3-14(16)13-10-17-15(9-11(13)2)18-12-7-5-4-6-8-12/h4-10,14H,3,16H2,1-2H3/t14-/m1/s1. The molecule has 0 unspecified atom stereocenters. The fourth-order valence-corrected chi connectivity index (χ4v) is 1.81. The van der Waals surface area contributed by atoms with Crippen LogP contribution in [0.15, 0.2) is 42.6 Å². The molecule has 0 amide bonds. The zero-order chi connectivity index (χ0) is 13.0. The lowest BCUT2D eigenvalue weighted by atomic mass is 10.0. The van der Waals surface area contributed by atoms with Crippen LogP contribution in [0.3, 0.4) is 0 Å². The summed E-state index contributed by atoms with van der Waals surface area (Å²) in [6.07, 6.45) is 2.71. The van der Waals surface area contributed by atoms with Gasteiger partial charge in [0.25, 0.3) is 0 Å². The second kappa shape index (κ2) is 5.65. The first-order valence-corrected chi connectivity index (χ1v) is 6.15. The van der Waals surface area contributed by atoms with Gasteiger partial charge in [-0.05, 0) is 36.6 Å². The maximum atomic E-state index is 6.02. The fourth-order valence-electron chi connectivity index (χ4n) is 1.81. The topological polar surface area (TPSA) is 48.1 Å². The van der Waals surface area contributed by atoms with Crippen LogP contribution in [0, 0.1) is 6.92 Å². The van der Waals surface area contributed by atoms with E-state index in [1.54, 1.807) is 0 Å². The molecule has 94 valence electrons. The van der Waals surface area contributed by atoms with E-state index in [9.17, 15) is 0 Å². The number of hydrogen-bond donors (Lipinski definition) is 1. The number of nitrogens with two attached hydrogens (primary N) is 1. The molecule has 2 N–H and O–H groups in total. The van der Waals surface area contributed by atoms with Crippen molar-refractivity contribution in [3.05, 3.63) is 53.7 Å². The number of pyridine rings is 1. The van der Waals surface area contributed by atoms with Crippen LogP contribution in [-0.4, -0.2) is 4.98 Å². The SMILES string of the molecule is CC[C@@H](N)c1cnc(Oc2ccccc2)cc1C. The molecule has 2 aromatic rings. The summed E-state index contributed by atoms with van der Waals surface area (Å²) in [5.41, 5.74) is 8.21. The first-order chi connectivity index (χ1) is 8.70. The molecule has 0 saturated heterocycles. The van der Waals surface area contributed by atoms with Crippen molar-refractivity contribution in [2.24, 2.45) is 5.73 Å². The lowest BCUT2D eigenvalue weighted by molar-refractivity contribution is 0.461. The van der Waals surface area contributed by atoms with Crippen molar-refractivity contribution in [1.29, 1.82) is 0 Å². The second-order valence-electron chi connectivity index (χ2n) is 4.31. The average molecular weight is 242 g/mol. The van der Waals surface area contributed by atoms with Gasteiger partial charge in [-0.15, -0.1) is 0 Å². The number of hydrogen-bond acceptors (Lipinski definition) is 3. The van der Waals surface area contributed by atoms with E-state index in [1.165, 1.54) is 0 Å². The van der Waals surface area contributed by atoms with E-state index >= 15 is 0 Å². The van der Waals surface area contributed by atoms with E-state index in [0.29, 0.717) is 5.88 Å². The molecular weight excluding hydrogens is 224 g/mol. The number of benzene rings is 1. The number of para-hydroxylation sites is 1. The molecule has 18 heavy (non-hydrogen) atoms. The summed E-state index contributed by atoms with van der Waals surface area (Å²) in [5, 5.41) is 0. The zero-order valence-corrected chi connectivity index (χ0v) is 10.8. The molecule has 0 spiro atoms. The Hall–Kier alpha value is -1.87. The first-order valence-electron chi connectivity index (χ1n) is 6.15. The van der Waals surface area contributed by atoms with Crippen LogP contribution in [0.1, 0.15) is 30.5 Å². The van der Waals surface area contributed by atoms with Crippen molar-refractivity contribution in [1.82, 2.24) is 4.98 Å². The Bertz CT molecular complexity index is 511. The van der Waals surface area contributed by atoms with E-state index in [0.717, 1.165) is 23.3 Å². The minimum atomic E-state index is 0.0447. The van der Waals surface area contributed by atoms with Crippen LogP contribution in [0.4, 0.5) is 0 Å². The highest BCUT2D eigenvalue weighted by atomic mass is 16.5. The van der Waals surface area contributed by atoms with Gasteiger partial charge in [-0.3, -0.25) is 0 Å². The largest absolute Gasteiger partial charge is 0.439 e. The van der Waals surface area contributed by atoms with Crippen molar-refractivity contribution < 1.29 is 4.74 Å². The third-order valence-corrected chi connectivity index (χ3v) is 2.93. The van der Waals surface area contributed by atoms with Gasteiger partial charge < -0.3 is 10.5 Å². The van der Waals surface area contributed by atoms with E-state index in [4.69, 9.17) is 10.5 Å². The average Bonchev–Trinajstić information content (AvgIpc) is 2.39. The summed E-state index contributed by atoms with van der Waals surface area (Å²) in [5.74, 6) is 1.39. The van der Waals surface area contributed by atoms with E-state index in [1.807, 2.05) is 49.5 Å². The van der Waals surface area contributed by atoms with Crippen LogP contribution in [0.25, 0.3) is 0 Å². The predicted octanol–water partition coefficient (Wildman–Crippen LogP) is 3.59. The van der Waals surface area contributed by atoms with Gasteiger partial charge in [-0.25, -0.2) is 4.98 Å². The summed E-state index contributed by atoms with van der Waals surface area (Å²) in [6.45, 7) is 4.10. The van der Waals surface area contributed by atoms with Crippen molar-refractivity contribution in [3.8, 4) is 11.6 Å². The van der Waals surface area contributed by atoms with E-state index < -0.39 is 0 Å². The Morgan fingerprint density at radius 3 is 2.61 bits per heavy atom. The molecule has 1 atom stereocenters. The van der Waals surface area contributed by atoms with Gasteiger partial charge in [-0.2, -0.15) is 0 Å².